The topological polar surface area (TPSA) is 58.6 Å². The Kier molecular flexibility index (Phi) is 5.69. The molecule has 0 spiro atoms. The molecule has 1 aliphatic heterocycles. The first-order valence-corrected chi connectivity index (χ1v) is 8.69. The summed E-state index contributed by atoms with van der Waals surface area (Å²) < 4.78 is 45.4. The molecular weight excluding hydrogens is 373 g/mol. The minimum absolute atomic E-state index is 0.0219. The van der Waals surface area contributed by atoms with Crippen molar-refractivity contribution in [3.05, 3.63) is 64.5 Å². The lowest BCUT2D eigenvalue weighted by Gasteiger charge is -2.33. The number of halogens is 3. The molecule has 1 unspecified atom stereocenters. The van der Waals surface area contributed by atoms with Crippen LogP contribution >= 0.6 is 0 Å². The number of aryl methyl sites for hydroxylation is 2. The first kappa shape index (κ1) is 19.9. The average molecular weight is 392 g/mol. The predicted octanol–water partition coefficient (Wildman–Crippen LogP) is 2.88. The van der Waals surface area contributed by atoms with Gasteiger partial charge in [0.15, 0.2) is 17.5 Å². The second kappa shape index (κ2) is 8.02. The van der Waals surface area contributed by atoms with Crippen molar-refractivity contribution < 1.29 is 27.5 Å². The molecule has 1 N–H and O–H groups in total. The zero-order valence-corrected chi connectivity index (χ0v) is 15.4. The van der Waals surface area contributed by atoms with Gasteiger partial charge in [-0.15, -0.1) is 0 Å². The van der Waals surface area contributed by atoms with E-state index in [4.69, 9.17) is 4.74 Å². The van der Waals surface area contributed by atoms with Gasteiger partial charge in [-0.3, -0.25) is 9.59 Å². The number of morpholine rings is 1. The molecule has 28 heavy (non-hydrogen) atoms. The third-order valence-corrected chi connectivity index (χ3v) is 4.70. The van der Waals surface area contributed by atoms with Crippen molar-refractivity contribution >= 4 is 17.5 Å². The van der Waals surface area contributed by atoms with E-state index >= 15 is 0 Å². The Hall–Kier alpha value is -2.87. The average Bonchev–Trinajstić information content (AvgIpc) is 2.67. The molecule has 2 aromatic rings. The molecule has 5 nitrogen and oxygen atoms in total. The van der Waals surface area contributed by atoms with Gasteiger partial charge in [-0.25, -0.2) is 13.2 Å². The number of amides is 2. The van der Waals surface area contributed by atoms with Gasteiger partial charge in [0, 0.05) is 12.2 Å². The summed E-state index contributed by atoms with van der Waals surface area (Å²) >= 11 is 0. The summed E-state index contributed by atoms with van der Waals surface area (Å²) in [5.41, 5.74) is 2.26. The van der Waals surface area contributed by atoms with E-state index < -0.39 is 35.0 Å². The maximum absolute atomic E-state index is 13.7. The van der Waals surface area contributed by atoms with E-state index in [9.17, 15) is 22.8 Å². The van der Waals surface area contributed by atoms with Crippen LogP contribution in [0.15, 0.2) is 30.3 Å². The molecule has 0 aliphatic carbocycles. The van der Waals surface area contributed by atoms with E-state index in [0.29, 0.717) is 6.07 Å². The molecule has 0 radical (unpaired) electrons. The zero-order chi connectivity index (χ0) is 20.4. The summed E-state index contributed by atoms with van der Waals surface area (Å²) in [5, 5.41) is 2.43. The van der Waals surface area contributed by atoms with Crippen molar-refractivity contribution in [1.82, 2.24) is 5.32 Å². The normalized spacial score (nSPS) is 17.0. The second-order valence-corrected chi connectivity index (χ2v) is 6.64. The van der Waals surface area contributed by atoms with E-state index in [0.717, 1.165) is 22.9 Å². The van der Waals surface area contributed by atoms with Crippen molar-refractivity contribution in [2.45, 2.75) is 20.0 Å². The lowest BCUT2D eigenvalue weighted by atomic mass is 10.1. The van der Waals surface area contributed by atoms with Gasteiger partial charge in [0.2, 0.25) is 0 Å². The molecule has 2 amide bonds. The SMILES string of the molecule is Cc1ccc(N2CC(CNC(=O)c3ccc(F)c(F)c3F)OCC2=O)cc1C. The number of nitrogens with zero attached hydrogens (tertiary/aromatic N) is 1. The molecule has 0 saturated carbocycles. The van der Waals surface area contributed by atoms with Crippen LogP contribution in [0, 0.1) is 31.3 Å². The third kappa shape index (κ3) is 4.01. The third-order valence-electron chi connectivity index (χ3n) is 4.70. The highest BCUT2D eigenvalue weighted by Crippen LogP contribution is 2.22. The number of benzene rings is 2. The number of ether oxygens (including phenoxy) is 1. The fourth-order valence-electron chi connectivity index (χ4n) is 2.89. The van der Waals surface area contributed by atoms with Gasteiger partial charge >= 0.3 is 0 Å². The number of carbonyl (C=O) groups is 2. The summed E-state index contributed by atoms with van der Waals surface area (Å²) in [7, 11) is 0. The Balaban J connectivity index is 1.66. The summed E-state index contributed by atoms with van der Waals surface area (Å²) in [5.74, 6) is -5.72. The minimum Gasteiger partial charge on any atom is -0.365 e. The number of carbonyl (C=O) groups excluding carboxylic acids is 2. The smallest absolute Gasteiger partial charge is 0.254 e. The van der Waals surface area contributed by atoms with Gasteiger partial charge in [0.25, 0.3) is 11.8 Å². The van der Waals surface area contributed by atoms with Crippen LogP contribution in [0.3, 0.4) is 0 Å². The maximum Gasteiger partial charge on any atom is 0.254 e. The second-order valence-electron chi connectivity index (χ2n) is 6.64. The Labute approximate surface area is 160 Å². The standard InChI is InChI=1S/C20H19F3N2O3/c1-11-3-4-13(7-12(11)2)25-9-14(28-10-17(25)26)8-24-20(27)15-5-6-16(21)19(23)18(15)22/h3-7,14H,8-10H2,1-2H3,(H,24,27). The number of nitrogens with one attached hydrogen (secondary N) is 1. The molecule has 1 atom stereocenters. The van der Waals surface area contributed by atoms with Gasteiger partial charge in [-0.05, 0) is 49.2 Å². The number of hydrogen-bond acceptors (Lipinski definition) is 3. The molecular formula is C20H19F3N2O3. The summed E-state index contributed by atoms with van der Waals surface area (Å²) in [6.45, 7) is 3.93. The Morgan fingerprint density at radius 1 is 1.14 bits per heavy atom. The van der Waals surface area contributed by atoms with Crippen LogP contribution in [0.2, 0.25) is 0 Å². The lowest BCUT2D eigenvalue weighted by molar-refractivity contribution is -0.129. The minimum atomic E-state index is -1.70. The van der Waals surface area contributed by atoms with E-state index in [-0.39, 0.29) is 25.6 Å². The van der Waals surface area contributed by atoms with Crippen LogP contribution < -0.4 is 10.2 Å². The molecule has 0 bridgehead atoms. The summed E-state index contributed by atoms with van der Waals surface area (Å²) in [6.07, 6.45) is -0.531. The van der Waals surface area contributed by atoms with Crippen LogP contribution in [-0.2, 0) is 9.53 Å². The molecule has 148 valence electrons. The van der Waals surface area contributed by atoms with E-state index in [1.54, 1.807) is 4.90 Å². The predicted molar refractivity (Wildman–Crippen MR) is 96.7 cm³/mol. The van der Waals surface area contributed by atoms with Crippen LogP contribution in [0.25, 0.3) is 0 Å². The number of hydrogen-bond donors (Lipinski definition) is 1. The number of rotatable bonds is 4. The van der Waals surface area contributed by atoms with E-state index in [1.807, 2.05) is 32.0 Å². The van der Waals surface area contributed by atoms with Gasteiger partial charge in [0.05, 0.1) is 18.2 Å². The molecule has 0 aromatic heterocycles. The Morgan fingerprint density at radius 3 is 2.61 bits per heavy atom. The van der Waals surface area contributed by atoms with Gasteiger partial charge < -0.3 is 15.0 Å². The molecule has 8 heteroatoms. The van der Waals surface area contributed by atoms with E-state index in [2.05, 4.69) is 5.32 Å². The zero-order valence-electron chi connectivity index (χ0n) is 15.4. The molecule has 3 rings (SSSR count). The largest absolute Gasteiger partial charge is 0.365 e. The van der Waals surface area contributed by atoms with Crippen molar-refractivity contribution in [2.24, 2.45) is 0 Å². The quantitative estimate of drug-likeness (QED) is 0.814. The van der Waals surface area contributed by atoms with Crippen LogP contribution in [0.4, 0.5) is 18.9 Å². The van der Waals surface area contributed by atoms with Crippen molar-refractivity contribution in [2.75, 3.05) is 24.6 Å². The first-order valence-electron chi connectivity index (χ1n) is 8.69. The maximum atomic E-state index is 13.7. The number of anilines is 1. The summed E-state index contributed by atoms with van der Waals surface area (Å²) in [4.78, 5) is 25.9. The highest BCUT2D eigenvalue weighted by molar-refractivity contribution is 5.96. The lowest BCUT2D eigenvalue weighted by Crippen LogP contribution is -2.50. The Morgan fingerprint density at radius 2 is 1.89 bits per heavy atom. The van der Waals surface area contributed by atoms with Crippen molar-refractivity contribution in [1.29, 1.82) is 0 Å². The molecule has 1 aliphatic rings. The first-order chi connectivity index (χ1) is 13.3. The molecule has 1 fully saturated rings. The van der Waals surface area contributed by atoms with Crippen LogP contribution in [-0.4, -0.2) is 37.6 Å². The van der Waals surface area contributed by atoms with Crippen LogP contribution in [0.1, 0.15) is 21.5 Å². The van der Waals surface area contributed by atoms with Gasteiger partial charge in [-0.1, -0.05) is 6.07 Å². The van der Waals surface area contributed by atoms with Crippen molar-refractivity contribution in [3.63, 3.8) is 0 Å². The van der Waals surface area contributed by atoms with Crippen molar-refractivity contribution in [3.8, 4) is 0 Å². The highest BCUT2D eigenvalue weighted by Gasteiger charge is 2.28. The molecule has 1 saturated heterocycles. The van der Waals surface area contributed by atoms with Crippen LogP contribution in [0.5, 0.6) is 0 Å². The molecule has 1 heterocycles. The molecule has 2 aromatic carbocycles. The fourth-order valence-corrected chi connectivity index (χ4v) is 2.89. The van der Waals surface area contributed by atoms with E-state index in [1.165, 1.54) is 0 Å². The fraction of sp³-hybridized carbons (Fsp3) is 0.300. The highest BCUT2D eigenvalue weighted by atomic mass is 19.2. The van der Waals surface area contributed by atoms with Gasteiger partial charge in [-0.2, -0.15) is 0 Å². The monoisotopic (exact) mass is 392 g/mol. The Bertz CT molecular complexity index is 933. The summed E-state index contributed by atoms with van der Waals surface area (Å²) in [6, 6.07) is 7.19. The van der Waals surface area contributed by atoms with Gasteiger partial charge in [0.1, 0.15) is 6.61 Å².